The van der Waals surface area contributed by atoms with Crippen molar-refractivity contribution in [3.05, 3.63) is 35.9 Å². The van der Waals surface area contributed by atoms with E-state index in [9.17, 15) is 10.2 Å². The SMILES string of the molecule is CC(O)(CNCC1(CO)CCCCC1)c1ccccc1. The van der Waals surface area contributed by atoms with Gasteiger partial charge in [0.25, 0.3) is 0 Å². The third kappa shape index (κ3) is 3.81. The zero-order valence-electron chi connectivity index (χ0n) is 12.4. The van der Waals surface area contributed by atoms with E-state index in [-0.39, 0.29) is 12.0 Å². The Kier molecular flexibility index (Phi) is 5.19. The van der Waals surface area contributed by atoms with E-state index in [1.54, 1.807) is 0 Å². The minimum Gasteiger partial charge on any atom is -0.396 e. The van der Waals surface area contributed by atoms with Crippen LogP contribution in [0, 0.1) is 5.41 Å². The van der Waals surface area contributed by atoms with Gasteiger partial charge in [-0.15, -0.1) is 0 Å². The summed E-state index contributed by atoms with van der Waals surface area (Å²) in [6.45, 7) is 3.38. The Morgan fingerprint density at radius 1 is 1.15 bits per heavy atom. The second kappa shape index (κ2) is 6.70. The normalized spacial score (nSPS) is 21.4. The molecule has 0 aromatic heterocycles. The zero-order valence-corrected chi connectivity index (χ0v) is 12.4. The molecule has 20 heavy (non-hydrogen) atoms. The second-order valence-electron chi connectivity index (χ2n) is 6.46. The van der Waals surface area contributed by atoms with Crippen molar-refractivity contribution in [1.29, 1.82) is 0 Å². The van der Waals surface area contributed by atoms with Crippen LogP contribution in [-0.2, 0) is 5.60 Å². The molecule has 1 aliphatic carbocycles. The fourth-order valence-electron chi connectivity index (χ4n) is 3.16. The molecule has 3 nitrogen and oxygen atoms in total. The van der Waals surface area contributed by atoms with Gasteiger partial charge in [0, 0.05) is 25.1 Å². The molecule has 1 atom stereocenters. The van der Waals surface area contributed by atoms with Gasteiger partial charge in [-0.1, -0.05) is 49.6 Å². The Balaban J connectivity index is 1.88. The Bertz CT molecular complexity index is 397. The molecule has 0 bridgehead atoms. The highest BCUT2D eigenvalue weighted by atomic mass is 16.3. The van der Waals surface area contributed by atoms with E-state index in [1.807, 2.05) is 37.3 Å². The fourth-order valence-corrected chi connectivity index (χ4v) is 3.16. The molecule has 0 spiro atoms. The van der Waals surface area contributed by atoms with Crippen molar-refractivity contribution in [2.75, 3.05) is 19.7 Å². The smallest absolute Gasteiger partial charge is 0.0992 e. The minimum atomic E-state index is -0.868. The lowest BCUT2D eigenvalue weighted by atomic mass is 9.74. The average Bonchev–Trinajstić information content (AvgIpc) is 2.49. The summed E-state index contributed by atoms with van der Waals surface area (Å²) < 4.78 is 0. The summed E-state index contributed by atoms with van der Waals surface area (Å²) in [6, 6.07) is 9.74. The van der Waals surface area contributed by atoms with Gasteiger partial charge in [-0.3, -0.25) is 0 Å². The molecule has 2 rings (SSSR count). The summed E-state index contributed by atoms with van der Waals surface area (Å²) in [4.78, 5) is 0. The van der Waals surface area contributed by atoms with E-state index in [1.165, 1.54) is 19.3 Å². The van der Waals surface area contributed by atoms with Crippen molar-refractivity contribution in [3.8, 4) is 0 Å². The van der Waals surface area contributed by atoms with Gasteiger partial charge >= 0.3 is 0 Å². The largest absolute Gasteiger partial charge is 0.396 e. The monoisotopic (exact) mass is 277 g/mol. The fraction of sp³-hybridized carbons (Fsp3) is 0.647. The maximum Gasteiger partial charge on any atom is 0.0992 e. The van der Waals surface area contributed by atoms with Crippen LogP contribution in [-0.4, -0.2) is 29.9 Å². The van der Waals surface area contributed by atoms with Crippen LogP contribution in [0.1, 0.15) is 44.6 Å². The summed E-state index contributed by atoms with van der Waals surface area (Å²) in [5.41, 5.74) is 0.0756. The number of hydrogen-bond donors (Lipinski definition) is 3. The molecule has 0 radical (unpaired) electrons. The number of aliphatic hydroxyl groups is 2. The van der Waals surface area contributed by atoms with Crippen molar-refractivity contribution < 1.29 is 10.2 Å². The molecule has 0 saturated heterocycles. The van der Waals surface area contributed by atoms with Gasteiger partial charge in [0.15, 0.2) is 0 Å². The third-order valence-corrected chi connectivity index (χ3v) is 4.61. The van der Waals surface area contributed by atoms with Gasteiger partial charge < -0.3 is 15.5 Å². The summed E-state index contributed by atoms with van der Waals surface area (Å²) in [7, 11) is 0. The number of aliphatic hydroxyl groups excluding tert-OH is 1. The van der Waals surface area contributed by atoms with Gasteiger partial charge in [-0.2, -0.15) is 0 Å². The molecule has 0 aliphatic heterocycles. The predicted octanol–water partition coefficient (Wildman–Crippen LogP) is 2.43. The van der Waals surface area contributed by atoms with Crippen LogP contribution in [0.3, 0.4) is 0 Å². The first-order chi connectivity index (χ1) is 9.58. The maximum absolute atomic E-state index is 10.5. The first kappa shape index (κ1) is 15.5. The van der Waals surface area contributed by atoms with Crippen LogP contribution in [0.2, 0.25) is 0 Å². The topological polar surface area (TPSA) is 52.5 Å². The maximum atomic E-state index is 10.5. The van der Waals surface area contributed by atoms with Crippen LogP contribution in [0.15, 0.2) is 30.3 Å². The molecule has 1 aromatic rings. The highest BCUT2D eigenvalue weighted by Gasteiger charge is 2.32. The van der Waals surface area contributed by atoms with Crippen LogP contribution < -0.4 is 5.32 Å². The van der Waals surface area contributed by atoms with Crippen LogP contribution >= 0.6 is 0 Å². The van der Waals surface area contributed by atoms with Gasteiger partial charge in [-0.25, -0.2) is 0 Å². The molecule has 1 aromatic carbocycles. The Labute approximate surface area is 122 Å². The summed E-state index contributed by atoms with van der Waals surface area (Å²) in [6.07, 6.45) is 5.87. The van der Waals surface area contributed by atoms with E-state index in [2.05, 4.69) is 5.32 Å². The average molecular weight is 277 g/mol. The molecular formula is C17H27NO2. The first-order valence-corrected chi connectivity index (χ1v) is 7.68. The van der Waals surface area contributed by atoms with Crippen molar-refractivity contribution in [3.63, 3.8) is 0 Å². The number of nitrogens with one attached hydrogen (secondary N) is 1. The van der Waals surface area contributed by atoms with Crippen LogP contribution in [0.25, 0.3) is 0 Å². The molecule has 3 N–H and O–H groups in total. The first-order valence-electron chi connectivity index (χ1n) is 7.68. The van der Waals surface area contributed by atoms with E-state index in [0.29, 0.717) is 6.54 Å². The lowest BCUT2D eigenvalue weighted by molar-refractivity contribution is 0.0405. The standard InChI is InChI=1S/C17H27NO2/c1-16(20,15-8-4-2-5-9-15)12-18-13-17(14-19)10-6-3-7-11-17/h2,4-5,8-9,18-20H,3,6-7,10-14H2,1H3. The lowest BCUT2D eigenvalue weighted by Gasteiger charge is -2.37. The van der Waals surface area contributed by atoms with Crippen molar-refractivity contribution in [1.82, 2.24) is 5.32 Å². The van der Waals surface area contributed by atoms with Crippen molar-refractivity contribution >= 4 is 0 Å². The molecule has 112 valence electrons. The minimum absolute atomic E-state index is 0.0189. The lowest BCUT2D eigenvalue weighted by Crippen LogP contribution is -2.44. The van der Waals surface area contributed by atoms with Gasteiger partial charge in [0.2, 0.25) is 0 Å². The van der Waals surface area contributed by atoms with Crippen LogP contribution in [0.5, 0.6) is 0 Å². The highest BCUT2D eigenvalue weighted by Crippen LogP contribution is 2.35. The van der Waals surface area contributed by atoms with Crippen molar-refractivity contribution in [2.24, 2.45) is 5.41 Å². The highest BCUT2D eigenvalue weighted by molar-refractivity contribution is 5.21. The molecular weight excluding hydrogens is 250 g/mol. The van der Waals surface area contributed by atoms with Gasteiger partial charge in [-0.05, 0) is 25.3 Å². The number of hydrogen-bond acceptors (Lipinski definition) is 3. The van der Waals surface area contributed by atoms with E-state index in [4.69, 9.17) is 0 Å². The van der Waals surface area contributed by atoms with E-state index >= 15 is 0 Å². The van der Waals surface area contributed by atoms with Crippen LogP contribution in [0.4, 0.5) is 0 Å². The molecule has 1 aliphatic rings. The van der Waals surface area contributed by atoms with E-state index in [0.717, 1.165) is 24.9 Å². The summed E-state index contributed by atoms with van der Waals surface area (Å²) >= 11 is 0. The van der Waals surface area contributed by atoms with Gasteiger partial charge in [0.1, 0.15) is 0 Å². The second-order valence-corrected chi connectivity index (χ2v) is 6.46. The Morgan fingerprint density at radius 3 is 2.40 bits per heavy atom. The summed E-state index contributed by atoms with van der Waals surface area (Å²) in [5, 5.41) is 23.6. The number of rotatable bonds is 6. The third-order valence-electron chi connectivity index (χ3n) is 4.61. The van der Waals surface area contributed by atoms with Gasteiger partial charge in [0.05, 0.1) is 5.60 Å². The molecule has 0 heterocycles. The number of benzene rings is 1. The zero-order chi connectivity index (χ0) is 14.5. The molecule has 0 amide bonds. The molecule has 1 unspecified atom stereocenters. The molecule has 1 fully saturated rings. The quantitative estimate of drug-likeness (QED) is 0.748. The Morgan fingerprint density at radius 2 is 1.80 bits per heavy atom. The Hall–Kier alpha value is -0.900. The predicted molar refractivity (Wildman–Crippen MR) is 81.5 cm³/mol. The molecule has 1 saturated carbocycles. The molecule has 3 heteroatoms. The summed E-state index contributed by atoms with van der Waals surface area (Å²) in [5.74, 6) is 0. The van der Waals surface area contributed by atoms with Crippen molar-refractivity contribution in [2.45, 2.75) is 44.6 Å². The van der Waals surface area contributed by atoms with E-state index < -0.39 is 5.60 Å².